The van der Waals surface area contributed by atoms with E-state index in [-0.39, 0.29) is 43.2 Å². The Labute approximate surface area is 217 Å². The van der Waals surface area contributed by atoms with E-state index in [9.17, 15) is 18.4 Å². The van der Waals surface area contributed by atoms with Crippen LogP contribution < -0.4 is 11.1 Å². The van der Waals surface area contributed by atoms with Gasteiger partial charge < -0.3 is 11.1 Å². The lowest BCUT2D eigenvalue weighted by Crippen LogP contribution is -2.51. The summed E-state index contributed by atoms with van der Waals surface area (Å²) in [6, 6.07) is 15.0. The van der Waals surface area contributed by atoms with Crippen molar-refractivity contribution in [3.8, 4) is 0 Å². The second-order valence-corrected chi connectivity index (χ2v) is 10.2. The molecule has 4 rings (SSSR count). The zero-order valence-electron chi connectivity index (χ0n) is 21.5. The number of fused-ring (bicyclic) bond motifs is 1. The summed E-state index contributed by atoms with van der Waals surface area (Å²) in [7, 11) is 0. The average Bonchev–Trinajstić information content (AvgIpc) is 2.87. The smallest absolute Gasteiger partial charge is 0.234 e. The fraction of sp³-hybridized carbons (Fsp3) is 0.400. The summed E-state index contributed by atoms with van der Waals surface area (Å²) in [5.74, 6) is -2.30. The van der Waals surface area contributed by atoms with E-state index in [1.807, 2.05) is 36.4 Å². The molecule has 0 bridgehead atoms. The number of nitrogens with zero attached hydrogens (tertiary/aromatic N) is 1. The number of nitrogens with one attached hydrogen (secondary N) is 1. The number of aryl methyl sites for hydroxylation is 1. The van der Waals surface area contributed by atoms with E-state index in [1.54, 1.807) is 0 Å². The maximum absolute atomic E-state index is 13.9. The number of likely N-dealkylation sites (tertiary alicyclic amines) is 1. The normalized spacial score (nSPS) is 19.0. The molecule has 0 saturated carbocycles. The van der Waals surface area contributed by atoms with Crippen LogP contribution in [0.2, 0.25) is 0 Å². The van der Waals surface area contributed by atoms with Gasteiger partial charge in [-0.25, -0.2) is 8.78 Å². The van der Waals surface area contributed by atoms with Gasteiger partial charge in [0, 0.05) is 29.6 Å². The van der Waals surface area contributed by atoms with Crippen LogP contribution in [0.25, 0.3) is 10.8 Å². The molecule has 1 aliphatic rings. The number of anilines is 1. The third kappa shape index (κ3) is 6.72. The van der Waals surface area contributed by atoms with Crippen molar-refractivity contribution in [2.75, 3.05) is 12.3 Å². The number of piperidine rings is 1. The summed E-state index contributed by atoms with van der Waals surface area (Å²) in [6.45, 7) is 4.43. The molecule has 5 nitrogen and oxygen atoms in total. The molecule has 1 fully saturated rings. The first-order valence-corrected chi connectivity index (χ1v) is 13.0. The highest BCUT2D eigenvalue weighted by atomic mass is 19.2. The number of nitrogens with two attached hydrogens (primary N) is 1. The maximum atomic E-state index is 13.9. The molecule has 3 N–H and O–H groups in total. The van der Waals surface area contributed by atoms with Crippen LogP contribution in [0.5, 0.6) is 0 Å². The third-order valence-electron chi connectivity index (χ3n) is 7.49. The topological polar surface area (TPSA) is 75.4 Å². The molecule has 3 atom stereocenters. The number of hydrogen-bond donors (Lipinski definition) is 2. The lowest BCUT2D eigenvalue weighted by Gasteiger charge is -2.38. The van der Waals surface area contributed by atoms with Crippen LogP contribution in [0.15, 0.2) is 54.6 Å². The Kier molecular flexibility index (Phi) is 8.54. The Morgan fingerprint density at radius 3 is 2.46 bits per heavy atom. The van der Waals surface area contributed by atoms with Gasteiger partial charge in [0.15, 0.2) is 17.4 Å². The van der Waals surface area contributed by atoms with Crippen molar-refractivity contribution >= 4 is 28.2 Å². The van der Waals surface area contributed by atoms with Gasteiger partial charge in [0.1, 0.15) is 0 Å². The van der Waals surface area contributed by atoms with Gasteiger partial charge in [0.25, 0.3) is 0 Å². The second-order valence-electron chi connectivity index (χ2n) is 10.2. The molecule has 196 valence electrons. The molecule has 1 saturated heterocycles. The van der Waals surface area contributed by atoms with Crippen molar-refractivity contribution in [1.82, 2.24) is 10.2 Å². The van der Waals surface area contributed by atoms with E-state index < -0.39 is 17.7 Å². The minimum Gasteiger partial charge on any atom is -0.398 e. The monoisotopic (exact) mass is 507 g/mol. The van der Waals surface area contributed by atoms with Gasteiger partial charge in [-0.05, 0) is 74.2 Å². The number of ketones is 1. The van der Waals surface area contributed by atoms with E-state index >= 15 is 0 Å². The lowest BCUT2D eigenvalue weighted by molar-refractivity contribution is -0.129. The molecule has 0 spiro atoms. The van der Waals surface area contributed by atoms with Crippen molar-refractivity contribution in [2.45, 2.75) is 70.5 Å². The number of amides is 1. The number of benzene rings is 3. The number of halogens is 2. The highest BCUT2D eigenvalue weighted by Crippen LogP contribution is 2.24. The van der Waals surface area contributed by atoms with Crippen LogP contribution in [0.3, 0.4) is 0 Å². The molecule has 0 aliphatic carbocycles. The number of nitrogen functional groups attached to an aromatic ring is 1. The summed E-state index contributed by atoms with van der Waals surface area (Å²) in [4.78, 5) is 28.5. The van der Waals surface area contributed by atoms with Crippen LogP contribution in [-0.2, 0) is 22.4 Å². The van der Waals surface area contributed by atoms with Crippen molar-refractivity contribution in [3.63, 3.8) is 0 Å². The van der Waals surface area contributed by atoms with Gasteiger partial charge in [-0.3, -0.25) is 14.5 Å². The Morgan fingerprint density at radius 2 is 1.73 bits per heavy atom. The minimum absolute atomic E-state index is 0.0983. The van der Waals surface area contributed by atoms with Gasteiger partial charge in [-0.2, -0.15) is 0 Å². The van der Waals surface area contributed by atoms with Crippen LogP contribution in [0.4, 0.5) is 14.5 Å². The van der Waals surface area contributed by atoms with E-state index in [1.165, 1.54) is 6.07 Å². The maximum Gasteiger partial charge on any atom is 0.234 e. The Hall–Kier alpha value is -3.32. The van der Waals surface area contributed by atoms with Crippen molar-refractivity contribution in [3.05, 3.63) is 77.4 Å². The Bertz CT molecular complexity index is 1270. The van der Waals surface area contributed by atoms with Crippen LogP contribution >= 0.6 is 0 Å². The molecule has 7 heteroatoms. The quantitative estimate of drug-likeness (QED) is 0.391. The summed E-state index contributed by atoms with van der Waals surface area (Å²) in [5, 5.41) is 4.86. The summed E-state index contributed by atoms with van der Waals surface area (Å²) in [5.41, 5.74) is 8.19. The molecule has 0 radical (unpaired) electrons. The summed E-state index contributed by atoms with van der Waals surface area (Å²) in [6.07, 6.45) is 4.01. The van der Waals surface area contributed by atoms with Gasteiger partial charge in [0.2, 0.25) is 5.91 Å². The number of carbonyl (C=O) groups is 2. The zero-order chi connectivity index (χ0) is 26.5. The number of hydrogen-bond acceptors (Lipinski definition) is 4. The molecule has 1 aliphatic heterocycles. The first-order chi connectivity index (χ1) is 17.7. The minimum atomic E-state index is -0.971. The highest BCUT2D eigenvalue weighted by Gasteiger charge is 2.28. The number of carbonyl (C=O) groups excluding carboxylic acids is 2. The largest absolute Gasteiger partial charge is 0.398 e. The van der Waals surface area contributed by atoms with Crippen LogP contribution in [0, 0.1) is 11.6 Å². The average molecular weight is 508 g/mol. The number of rotatable bonds is 9. The predicted octanol–water partition coefficient (Wildman–Crippen LogP) is 5.19. The van der Waals surface area contributed by atoms with E-state index in [0.29, 0.717) is 17.7 Å². The summed E-state index contributed by atoms with van der Waals surface area (Å²) < 4.78 is 27.3. The first-order valence-electron chi connectivity index (χ1n) is 13.0. The third-order valence-corrected chi connectivity index (χ3v) is 7.49. The molecule has 3 aromatic rings. The molecule has 0 aromatic heterocycles. The standard InChI is InChI=1S/C30H35F2N3O2/c1-19-5-3-6-20(2)35(19)18-30(37)34-28(17-22-10-13-25(31)26(32)16-22)29(36)14-11-21-9-12-24-23(15-21)7-4-8-27(24)33/h4,7-10,12-13,15-16,19-20,28H,3,5-6,11,14,17-18,33H2,1-2H3,(H,34,37)/t19-,20+,28-/m0/s1. The molecule has 1 amide bonds. The molecule has 1 heterocycles. The van der Waals surface area contributed by atoms with E-state index in [2.05, 4.69) is 24.1 Å². The molecule has 3 aromatic carbocycles. The van der Waals surface area contributed by atoms with Crippen molar-refractivity contribution < 1.29 is 18.4 Å². The van der Waals surface area contributed by atoms with E-state index in [4.69, 9.17) is 5.73 Å². The van der Waals surface area contributed by atoms with E-state index in [0.717, 1.165) is 47.7 Å². The summed E-state index contributed by atoms with van der Waals surface area (Å²) >= 11 is 0. The lowest BCUT2D eigenvalue weighted by atomic mass is 9.96. The van der Waals surface area contributed by atoms with Crippen molar-refractivity contribution in [2.24, 2.45) is 0 Å². The SMILES string of the molecule is C[C@@H]1CCC[C@H](C)N1CC(=O)N[C@@H](Cc1ccc(F)c(F)c1)C(=O)CCc1ccc2c(N)cccc2c1. The van der Waals surface area contributed by atoms with Gasteiger partial charge in [-0.15, -0.1) is 0 Å². The van der Waals surface area contributed by atoms with Crippen LogP contribution in [-0.4, -0.2) is 41.3 Å². The number of Topliss-reactive ketones (excluding diaryl/α,β-unsaturated/α-hetero) is 1. The van der Waals surface area contributed by atoms with Gasteiger partial charge in [-0.1, -0.05) is 42.8 Å². The van der Waals surface area contributed by atoms with Crippen LogP contribution in [0.1, 0.15) is 50.7 Å². The van der Waals surface area contributed by atoms with Gasteiger partial charge >= 0.3 is 0 Å². The molecular formula is C30H35F2N3O2. The fourth-order valence-electron chi connectivity index (χ4n) is 5.30. The zero-order valence-corrected chi connectivity index (χ0v) is 21.5. The molecule has 37 heavy (non-hydrogen) atoms. The highest BCUT2D eigenvalue weighted by molar-refractivity contribution is 5.93. The Morgan fingerprint density at radius 1 is 1.00 bits per heavy atom. The molecular weight excluding hydrogens is 472 g/mol. The second kappa shape index (κ2) is 11.8. The van der Waals surface area contributed by atoms with Crippen molar-refractivity contribution in [1.29, 1.82) is 0 Å². The molecule has 0 unspecified atom stereocenters. The Balaban J connectivity index is 1.47. The first kappa shape index (κ1) is 26.7. The predicted molar refractivity (Wildman–Crippen MR) is 143 cm³/mol. The fourth-order valence-corrected chi connectivity index (χ4v) is 5.30. The van der Waals surface area contributed by atoms with Gasteiger partial charge in [0.05, 0.1) is 12.6 Å².